The number of hydrogen-bond donors (Lipinski definition) is 0. The second-order valence-electron chi connectivity index (χ2n) is 8.97. The molecule has 0 aliphatic carbocycles. The summed E-state index contributed by atoms with van der Waals surface area (Å²) >= 11 is 1.39. The van der Waals surface area contributed by atoms with Crippen LogP contribution in [0.5, 0.6) is 11.5 Å². The lowest BCUT2D eigenvalue weighted by Gasteiger charge is -2.28. The molecule has 2 aromatic rings. The number of aryl methyl sites for hydroxylation is 1. The third kappa shape index (κ3) is 5.34. The van der Waals surface area contributed by atoms with Gasteiger partial charge in [0, 0.05) is 29.7 Å². The molecule has 2 aromatic carbocycles. The van der Waals surface area contributed by atoms with Crippen molar-refractivity contribution in [3.05, 3.63) is 47.5 Å². The molecule has 0 N–H and O–H groups in total. The number of ether oxygens (including phenoxy) is 2. The molecule has 0 bridgehead atoms. The summed E-state index contributed by atoms with van der Waals surface area (Å²) in [5.74, 6) is 1.00. The van der Waals surface area contributed by atoms with Crippen LogP contribution in [0.3, 0.4) is 0 Å². The van der Waals surface area contributed by atoms with Crippen molar-refractivity contribution in [1.29, 1.82) is 0 Å². The Hall–Kier alpha value is -2.72. The van der Waals surface area contributed by atoms with Crippen LogP contribution in [0.25, 0.3) is 0 Å². The number of nitrogens with zero attached hydrogens (tertiary/aromatic N) is 3. The van der Waals surface area contributed by atoms with E-state index in [1.165, 1.54) is 11.8 Å². The number of benzene rings is 2. The lowest BCUT2D eigenvalue weighted by Crippen LogP contribution is -2.38. The maximum absolute atomic E-state index is 13.0. The monoisotopic (exact) mass is 531 g/mol. The summed E-state index contributed by atoms with van der Waals surface area (Å²) in [6.07, 6.45) is 0.103. The zero-order chi connectivity index (χ0) is 26.0. The highest BCUT2D eigenvalue weighted by Gasteiger charge is 2.49. The third-order valence-corrected chi connectivity index (χ3v) is 9.87. The largest absolute Gasteiger partial charge is 0.493 e. The van der Waals surface area contributed by atoms with Gasteiger partial charge in [0.15, 0.2) is 26.5 Å². The highest BCUT2D eigenvalue weighted by Crippen LogP contribution is 2.42. The number of carbonyl (C=O) groups is 1. The number of hydrogen-bond acceptors (Lipinski definition) is 7. The average molecular weight is 532 g/mol. The Morgan fingerprint density at radius 1 is 1.08 bits per heavy atom. The van der Waals surface area contributed by atoms with Crippen molar-refractivity contribution in [1.82, 2.24) is 0 Å². The first-order valence-electron chi connectivity index (χ1n) is 12.0. The van der Waals surface area contributed by atoms with Crippen molar-refractivity contribution >= 4 is 44.0 Å². The van der Waals surface area contributed by atoms with Crippen LogP contribution < -0.4 is 19.3 Å². The topological polar surface area (TPSA) is 88.5 Å². The molecule has 2 fully saturated rings. The van der Waals surface area contributed by atoms with Crippen LogP contribution in [0.1, 0.15) is 25.0 Å². The van der Waals surface area contributed by atoms with E-state index in [0.717, 1.165) is 35.6 Å². The number of methoxy groups -OCH3 is 2. The second kappa shape index (κ2) is 10.7. The molecule has 0 aromatic heterocycles. The van der Waals surface area contributed by atoms with Gasteiger partial charge >= 0.3 is 0 Å². The van der Waals surface area contributed by atoms with Gasteiger partial charge in [0.25, 0.3) is 5.91 Å². The van der Waals surface area contributed by atoms with Crippen molar-refractivity contribution in [3.8, 4) is 11.5 Å². The Labute approximate surface area is 217 Å². The Balaban J connectivity index is 1.65. The molecule has 36 heavy (non-hydrogen) atoms. The minimum absolute atomic E-state index is 0.0603. The first-order valence-corrected chi connectivity index (χ1v) is 14.7. The van der Waals surface area contributed by atoms with Crippen LogP contribution in [-0.2, 0) is 21.1 Å². The maximum atomic E-state index is 13.0. The van der Waals surface area contributed by atoms with E-state index in [-0.39, 0.29) is 35.1 Å². The number of thioether (sulfide) groups is 1. The van der Waals surface area contributed by atoms with Crippen LogP contribution in [0.15, 0.2) is 41.4 Å². The van der Waals surface area contributed by atoms with E-state index in [2.05, 4.69) is 35.9 Å². The molecule has 0 unspecified atom stereocenters. The molecule has 8 nitrogen and oxygen atoms in total. The van der Waals surface area contributed by atoms with E-state index >= 15 is 0 Å². The predicted octanol–water partition coefficient (Wildman–Crippen LogP) is 3.70. The number of carbonyl (C=O) groups excluding carboxylic acids is 1. The van der Waals surface area contributed by atoms with Crippen molar-refractivity contribution in [2.24, 2.45) is 4.99 Å². The molecule has 2 aliphatic heterocycles. The summed E-state index contributed by atoms with van der Waals surface area (Å²) in [5.41, 5.74) is 3.79. The van der Waals surface area contributed by atoms with Gasteiger partial charge in [-0.2, -0.15) is 4.99 Å². The van der Waals surface area contributed by atoms with Gasteiger partial charge in [-0.1, -0.05) is 17.8 Å². The maximum Gasteiger partial charge on any atom is 0.252 e. The highest BCUT2D eigenvalue weighted by atomic mass is 32.2. The Morgan fingerprint density at radius 2 is 1.81 bits per heavy atom. The van der Waals surface area contributed by atoms with Crippen molar-refractivity contribution in [2.45, 2.75) is 38.5 Å². The normalized spacial score (nSPS) is 21.5. The molecular formula is C26H33N3O5S2. The van der Waals surface area contributed by atoms with Crippen LogP contribution in [0, 0.1) is 6.92 Å². The van der Waals surface area contributed by atoms with Crippen LogP contribution in [0.2, 0.25) is 0 Å². The first kappa shape index (κ1) is 26.3. The number of fused-ring (bicyclic) bond motifs is 1. The van der Waals surface area contributed by atoms with Crippen LogP contribution in [-0.4, -0.2) is 69.6 Å². The summed E-state index contributed by atoms with van der Waals surface area (Å²) in [6.45, 7) is 8.05. The predicted molar refractivity (Wildman–Crippen MR) is 147 cm³/mol. The Kier molecular flexibility index (Phi) is 7.85. The fourth-order valence-electron chi connectivity index (χ4n) is 4.85. The van der Waals surface area contributed by atoms with Gasteiger partial charge in [-0.3, -0.25) is 4.79 Å². The molecule has 0 saturated carbocycles. The standard InChI is InChI=1S/C26H33N3O5S2/c1-6-28(7-2)19-9-10-20(17(3)12-19)29-21-15-36(31,32)16-24(21)35-26(29)27-25(30)14-18-8-11-22(33-4)23(13-18)34-5/h8-13,21,24H,6-7,14-16H2,1-5H3/t21-,24-/m0/s1. The molecule has 2 atom stereocenters. The smallest absolute Gasteiger partial charge is 0.252 e. The van der Waals surface area contributed by atoms with Crippen molar-refractivity contribution in [3.63, 3.8) is 0 Å². The van der Waals surface area contributed by atoms with Gasteiger partial charge in [0.2, 0.25) is 0 Å². The van der Waals surface area contributed by atoms with Gasteiger partial charge in [-0.05, 0) is 62.2 Å². The lowest BCUT2D eigenvalue weighted by molar-refractivity contribution is -0.117. The Bertz CT molecular complexity index is 1270. The minimum Gasteiger partial charge on any atom is -0.493 e. The summed E-state index contributed by atoms with van der Waals surface area (Å²) in [6, 6.07) is 11.3. The van der Waals surface area contributed by atoms with E-state index in [9.17, 15) is 13.2 Å². The molecule has 1 amide bonds. The molecule has 0 spiro atoms. The molecule has 2 saturated heterocycles. The van der Waals surface area contributed by atoms with E-state index in [0.29, 0.717) is 16.7 Å². The zero-order valence-electron chi connectivity index (χ0n) is 21.4. The summed E-state index contributed by atoms with van der Waals surface area (Å²) < 4.78 is 35.5. The van der Waals surface area contributed by atoms with E-state index < -0.39 is 9.84 Å². The molecule has 2 aliphatic rings. The van der Waals surface area contributed by atoms with Gasteiger partial charge < -0.3 is 19.3 Å². The molecule has 4 rings (SSSR count). The third-order valence-electron chi connectivity index (χ3n) is 6.66. The Morgan fingerprint density at radius 3 is 2.44 bits per heavy atom. The number of anilines is 2. The quantitative estimate of drug-likeness (QED) is 0.510. The lowest BCUT2D eigenvalue weighted by atomic mass is 10.1. The molecule has 194 valence electrons. The van der Waals surface area contributed by atoms with Crippen LogP contribution >= 0.6 is 11.8 Å². The van der Waals surface area contributed by atoms with E-state index in [4.69, 9.17) is 9.47 Å². The second-order valence-corrected chi connectivity index (χ2v) is 12.3. The van der Waals surface area contributed by atoms with Gasteiger partial charge in [-0.25, -0.2) is 8.42 Å². The highest BCUT2D eigenvalue weighted by molar-refractivity contribution is 8.16. The van der Waals surface area contributed by atoms with E-state index in [1.54, 1.807) is 26.4 Å². The fourth-order valence-corrected chi connectivity index (χ4v) is 8.78. The molecule has 10 heteroatoms. The fraction of sp³-hybridized carbons (Fsp3) is 0.462. The van der Waals surface area contributed by atoms with Crippen molar-refractivity contribution in [2.75, 3.05) is 48.6 Å². The number of amides is 1. The van der Waals surface area contributed by atoms with Gasteiger partial charge in [0.1, 0.15) is 0 Å². The number of aliphatic imine (C=N–C) groups is 1. The molecule has 0 radical (unpaired) electrons. The average Bonchev–Trinajstić information content (AvgIpc) is 3.30. The van der Waals surface area contributed by atoms with E-state index in [1.807, 2.05) is 24.0 Å². The summed E-state index contributed by atoms with van der Waals surface area (Å²) in [7, 11) is -0.0233. The minimum atomic E-state index is -3.14. The first-order chi connectivity index (χ1) is 17.2. The van der Waals surface area contributed by atoms with Gasteiger partial charge in [0.05, 0.1) is 38.2 Å². The number of rotatable bonds is 8. The van der Waals surface area contributed by atoms with Crippen LogP contribution in [0.4, 0.5) is 11.4 Å². The van der Waals surface area contributed by atoms with Gasteiger partial charge in [-0.15, -0.1) is 0 Å². The number of amidine groups is 1. The number of sulfone groups is 1. The molecular weight excluding hydrogens is 498 g/mol. The summed E-state index contributed by atoms with van der Waals surface area (Å²) in [4.78, 5) is 21.7. The van der Waals surface area contributed by atoms with Crippen molar-refractivity contribution < 1.29 is 22.7 Å². The summed E-state index contributed by atoms with van der Waals surface area (Å²) in [5, 5.41) is 0.411. The zero-order valence-corrected chi connectivity index (χ0v) is 23.0. The SMILES string of the molecule is CCN(CC)c1ccc(N2C(=NC(=O)Cc3ccc(OC)c(OC)c3)S[C@H]3CS(=O)(=O)C[C@@H]32)c(C)c1. The molecule has 2 heterocycles.